The smallest absolute Gasteiger partial charge is 0.308 e. The van der Waals surface area contributed by atoms with Crippen LogP contribution in [-0.2, 0) is 0 Å². The lowest BCUT2D eigenvalue weighted by Crippen LogP contribution is -2.19. The number of amides is 2. The number of halogens is 3. The van der Waals surface area contributed by atoms with E-state index in [1.807, 2.05) is 12.1 Å². The van der Waals surface area contributed by atoms with Crippen LogP contribution in [0.15, 0.2) is 65.7 Å². The third-order valence-electron chi connectivity index (χ3n) is 3.22. The normalized spacial score (nSPS) is 11.3. The lowest BCUT2D eigenvalue weighted by atomic mass is 10.2. The van der Waals surface area contributed by atoms with Crippen molar-refractivity contribution in [2.45, 2.75) is 10.4 Å². The van der Waals surface area contributed by atoms with E-state index in [2.05, 4.69) is 15.6 Å². The Kier molecular flexibility index (Phi) is 4.80. The zero-order chi connectivity index (χ0) is 17.9. The molecule has 0 unspecified atom stereocenters. The second-order valence-corrected chi connectivity index (χ2v) is 6.17. The number of benzene rings is 2. The molecule has 0 radical (unpaired) electrons. The average Bonchev–Trinajstić information content (AvgIpc) is 2.54. The Balaban J connectivity index is 1.73. The standard InChI is InChI=1S/C17H12F3N3OS/c18-17(19,20)25-12-5-1-4-11(10-12)22-16(24)23-15-8-2-7-14-13(15)6-3-9-21-14/h1-10H,(H2,22,23,24). The SMILES string of the molecule is O=C(Nc1cccc(SC(F)(F)F)c1)Nc1cccc2ncccc12. The van der Waals surface area contributed by atoms with E-state index in [4.69, 9.17) is 0 Å². The monoisotopic (exact) mass is 363 g/mol. The number of urea groups is 1. The minimum absolute atomic E-state index is 0.000314. The van der Waals surface area contributed by atoms with Gasteiger partial charge in [0.25, 0.3) is 0 Å². The van der Waals surface area contributed by atoms with E-state index >= 15 is 0 Å². The van der Waals surface area contributed by atoms with Crippen LogP contribution in [0.1, 0.15) is 0 Å². The molecule has 8 heteroatoms. The van der Waals surface area contributed by atoms with Gasteiger partial charge in [-0.05, 0) is 54.2 Å². The Morgan fingerprint density at radius 3 is 2.60 bits per heavy atom. The number of hydrogen-bond donors (Lipinski definition) is 2. The summed E-state index contributed by atoms with van der Waals surface area (Å²) in [5, 5.41) is 5.98. The lowest BCUT2D eigenvalue weighted by molar-refractivity contribution is -0.0328. The van der Waals surface area contributed by atoms with Crippen molar-refractivity contribution in [3.8, 4) is 0 Å². The molecule has 4 nitrogen and oxygen atoms in total. The second-order valence-electron chi connectivity index (χ2n) is 5.03. The van der Waals surface area contributed by atoms with Gasteiger partial charge in [0.05, 0.1) is 11.2 Å². The van der Waals surface area contributed by atoms with Gasteiger partial charge in [0, 0.05) is 22.2 Å². The van der Waals surface area contributed by atoms with Crippen LogP contribution < -0.4 is 10.6 Å². The summed E-state index contributed by atoms with van der Waals surface area (Å²) in [6, 6.07) is 13.9. The summed E-state index contributed by atoms with van der Waals surface area (Å²) in [5.41, 5.74) is -2.82. The first kappa shape index (κ1) is 17.1. The first-order valence-electron chi connectivity index (χ1n) is 7.18. The lowest BCUT2D eigenvalue weighted by Gasteiger charge is -2.11. The van der Waals surface area contributed by atoms with Gasteiger partial charge in [0.15, 0.2) is 0 Å². The molecule has 0 saturated carbocycles. The second kappa shape index (κ2) is 7.02. The van der Waals surface area contributed by atoms with Crippen LogP contribution in [0.2, 0.25) is 0 Å². The van der Waals surface area contributed by atoms with E-state index in [-0.39, 0.29) is 22.3 Å². The molecule has 0 bridgehead atoms. The first-order valence-corrected chi connectivity index (χ1v) is 8.00. The number of fused-ring (bicyclic) bond motifs is 1. The summed E-state index contributed by atoms with van der Waals surface area (Å²) >= 11 is -0.232. The predicted molar refractivity (Wildman–Crippen MR) is 92.7 cm³/mol. The number of anilines is 2. The van der Waals surface area contributed by atoms with E-state index in [9.17, 15) is 18.0 Å². The molecule has 0 aliphatic carbocycles. The van der Waals surface area contributed by atoms with Crippen LogP contribution in [0.5, 0.6) is 0 Å². The van der Waals surface area contributed by atoms with E-state index < -0.39 is 11.5 Å². The molecule has 3 rings (SSSR count). The van der Waals surface area contributed by atoms with Crippen molar-refractivity contribution in [1.29, 1.82) is 0 Å². The Morgan fingerprint density at radius 1 is 1.00 bits per heavy atom. The molecule has 0 aliphatic rings. The molecular formula is C17H12F3N3OS. The van der Waals surface area contributed by atoms with Crippen molar-refractivity contribution in [2.24, 2.45) is 0 Å². The highest BCUT2D eigenvalue weighted by atomic mass is 32.2. The molecule has 0 aliphatic heterocycles. The molecule has 0 atom stereocenters. The van der Waals surface area contributed by atoms with E-state index in [0.717, 1.165) is 10.9 Å². The molecule has 2 aromatic carbocycles. The molecule has 2 N–H and O–H groups in total. The summed E-state index contributed by atoms with van der Waals surface area (Å²) in [6.07, 6.45) is 1.65. The Morgan fingerprint density at radius 2 is 1.80 bits per heavy atom. The van der Waals surface area contributed by atoms with E-state index in [0.29, 0.717) is 5.69 Å². The summed E-state index contributed by atoms with van der Waals surface area (Å²) in [6.45, 7) is 0. The summed E-state index contributed by atoms with van der Waals surface area (Å²) in [7, 11) is 0. The molecular weight excluding hydrogens is 351 g/mol. The van der Waals surface area contributed by atoms with Crippen LogP contribution in [0.3, 0.4) is 0 Å². The number of thioether (sulfide) groups is 1. The Bertz CT molecular complexity index is 910. The van der Waals surface area contributed by atoms with Crippen molar-refractivity contribution < 1.29 is 18.0 Å². The number of carbonyl (C=O) groups excluding carboxylic acids is 1. The Labute approximate surface area is 145 Å². The van der Waals surface area contributed by atoms with Crippen LogP contribution in [0.25, 0.3) is 10.9 Å². The zero-order valence-electron chi connectivity index (χ0n) is 12.7. The van der Waals surface area contributed by atoms with Gasteiger partial charge in [-0.3, -0.25) is 4.98 Å². The molecule has 0 saturated heterocycles. The highest BCUT2D eigenvalue weighted by Crippen LogP contribution is 2.37. The number of alkyl halides is 3. The maximum atomic E-state index is 12.4. The van der Waals surface area contributed by atoms with E-state index in [1.165, 1.54) is 24.3 Å². The molecule has 3 aromatic rings. The summed E-state index contributed by atoms with van der Waals surface area (Å²) < 4.78 is 37.3. The summed E-state index contributed by atoms with van der Waals surface area (Å²) in [5.74, 6) is 0. The molecule has 1 aromatic heterocycles. The third-order valence-corrected chi connectivity index (χ3v) is 3.94. The van der Waals surface area contributed by atoms with Crippen LogP contribution in [0, 0.1) is 0 Å². The van der Waals surface area contributed by atoms with Crippen LogP contribution in [-0.4, -0.2) is 16.5 Å². The van der Waals surface area contributed by atoms with Crippen LogP contribution >= 0.6 is 11.8 Å². The molecule has 1 heterocycles. The number of nitrogens with one attached hydrogen (secondary N) is 2. The molecule has 25 heavy (non-hydrogen) atoms. The molecule has 0 fully saturated rings. The first-order chi connectivity index (χ1) is 11.9. The van der Waals surface area contributed by atoms with Crippen molar-refractivity contribution in [1.82, 2.24) is 4.98 Å². The minimum Gasteiger partial charge on any atom is -0.308 e. The van der Waals surface area contributed by atoms with Crippen molar-refractivity contribution in [3.63, 3.8) is 0 Å². The zero-order valence-corrected chi connectivity index (χ0v) is 13.5. The highest BCUT2D eigenvalue weighted by Gasteiger charge is 2.29. The van der Waals surface area contributed by atoms with Crippen molar-refractivity contribution in [3.05, 3.63) is 60.8 Å². The quantitative estimate of drug-likeness (QED) is 0.605. The maximum Gasteiger partial charge on any atom is 0.446 e. The molecule has 2 amide bonds. The number of carbonyl (C=O) groups is 1. The Hall–Kier alpha value is -2.74. The van der Waals surface area contributed by atoms with Gasteiger partial charge in [-0.15, -0.1) is 0 Å². The molecule has 0 spiro atoms. The average molecular weight is 363 g/mol. The van der Waals surface area contributed by atoms with Gasteiger partial charge in [-0.25, -0.2) is 4.79 Å². The topological polar surface area (TPSA) is 54.0 Å². The predicted octanol–water partition coefficient (Wildman–Crippen LogP) is 5.49. The fraction of sp³-hybridized carbons (Fsp3) is 0.0588. The minimum atomic E-state index is -4.38. The van der Waals surface area contributed by atoms with Gasteiger partial charge in [0.1, 0.15) is 0 Å². The molecule has 128 valence electrons. The van der Waals surface area contributed by atoms with Crippen molar-refractivity contribution in [2.75, 3.05) is 10.6 Å². The van der Waals surface area contributed by atoms with Gasteiger partial charge in [-0.1, -0.05) is 12.1 Å². The van der Waals surface area contributed by atoms with Gasteiger partial charge >= 0.3 is 11.5 Å². The summed E-state index contributed by atoms with van der Waals surface area (Å²) in [4.78, 5) is 16.3. The van der Waals surface area contributed by atoms with E-state index in [1.54, 1.807) is 24.4 Å². The van der Waals surface area contributed by atoms with Crippen LogP contribution in [0.4, 0.5) is 29.3 Å². The van der Waals surface area contributed by atoms with Gasteiger partial charge < -0.3 is 10.6 Å². The number of aromatic nitrogens is 1. The maximum absolute atomic E-state index is 12.4. The van der Waals surface area contributed by atoms with Gasteiger partial charge in [0.2, 0.25) is 0 Å². The fourth-order valence-electron chi connectivity index (χ4n) is 2.27. The number of rotatable bonds is 3. The van der Waals surface area contributed by atoms with Crippen molar-refractivity contribution >= 4 is 40.1 Å². The number of hydrogen-bond acceptors (Lipinski definition) is 3. The highest BCUT2D eigenvalue weighted by molar-refractivity contribution is 8.00. The van der Waals surface area contributed by atoms with Gasteiger partial charge in [-0.2, -0.15) is 13.2 Å². The third kappa shape index (κ3) is 4.63. The fourth-order valence-corrected chi connectivity index (χ4v) is 2.87. The number of pyridine rings is 1. The number of nitrogens with zero attached hydrogens (tertiary/aromatic N) is 1. The largest absolute Gasteiger partial charge is 0.446 e.